The molecule has 0 aromatic heterocycles. The molecule has 2 aromatic carbocycles. The van der Waals surface area contributed by atoms with E-state index < -0.39 is 11.0 Å². The van der Waals surface area contributed by atoms with Gasteiger partial charge in [0, 0.05) is 5.41 Å². The highest BCUT2D eigenvalue weighted by molar-refractivity contribution is 5.90. The monoisotopic (exact) mass is 354 g/mol. The molecule has 0 heterocycles. The maximum absolute atomic E-state index is 12.5. The fraction of sp³-hybridized carbons (Fsp3) is 0.364. The number of hydrogen-bond donors (Lipinski definition) is 0. The lowest BCUT2D eigenvalue weighted by atomic mass is 9.74. The van der Waals surface area contributed by atoms with Crippen molar-refractivity contribution in [3.63, 3.8) is 0 Å². The van der Waals surface area contributed by atoms with E-state index in [4.69, 9.17) is 9.47 Å². The van der Waals surface area contributed by atoms with Crippen molar-refractivity contribution in [3.8, 4) is 0 Å². The lowest BCUT2D eigenvalue weighted by Crippen LogP contribution is -2.48. The Bertz CT molecular complexity index is 737. The minimum atomic E-state index is -0.781. The molecule has 4 heteroatoms. The summed E-state index contributed by atoms with van der Waals surface area (Å²) in [5, 5.41) is 0. The molecule has 4 nitrogen and oxygen atoms in total. The lowest BCUT2D eigenvalue weighted by Gasteiger charge is -2.42. The SMILES string of the molecule is CCC(C)(OC(=O)c1ccccc1)C(C)(C)COC(=O)c1ccccc1. The van der Waals surface area contributed by atoms with E-state index in [1.54, 1.807) is 48.5 Å². The highest BCUT2D eigenvalue weighted by Crippen LogP contribution is 2.38. The zero-order valence-corrected chi connectivity index (χ0v) is 15.8. The summed E-state index contributed by atoms with van der Waals surface area (Å²) in [6.45, 7) is 7.86. The molecule has 2 aromatic rings. The van der Waals surface area contributed by atoms with Gasteiger partial charge in [0.25, 0.3) is 0 Å². The van der Waals surface area contributed by atoms with Crippen LogP contribution in [0.1, 0.15) is 54.8 Å². The lowest BCUT2D eigenvalue weighted by molar-refractivity contribution is -0.0969. The molecule has 0 saturated carbocycles. The minimum Gasteiger partial charge on any atom is -0.461 e. The van der Waals surface area contributed by atoms with Gasteiger partial charge in [0.05, 0.1) is 11.1 Å². The standard InChI is InChI=1S/C22H26O4/c1-5-22(4,26-20(24)18-14-10-7-11-15-18)21(2,3)16-25-19(23)17-12-8-6-9-13-17/h6-15H,5,16H2,1-4H3. The fourth-order valence-corrected chi connectivity index (χ4v) is 2.58. The first-order chi connectivity index (χ1) is 12.3. The van der Waals surface area contributed by atoms with E-state index in [2.05, 4.69) is 0 Å². The van der Waals surface area contributed by atoms with Crippen LogP contribution in [0.25, 0.3) is 0 Å². The smallest absolute Gasteiger partial charge is 0.338 e. The van der Waals surface area contributed by atoms with Crippen LogP contribution in [-0.2, 0) is 9.47 Å². The Morgan fingerprint density at radius 2 is 1.27 bits per heavy atom. The third-order valence-corrected chi connectivity index (χ3v) is 5.01. The van der Waals surface area contributed by atoms with Crippen LogP contribution in [0.4, 0.5) is 0 Å². The topological polar surface area (TPSA) is 52.6 Å². The summed E-state index contributed by atoms with van der Waals surface area (Å²) in [7, 11) is 0. The van der Waals surface area contributed by atoms with E-state index in [9.17, 15) is 9.59 Å². The second-order valence-corrected chi connectivity index (χ2v) is 7.17. The molecule has 2 rings (SSSR count). The van der Waals surface area contributed by atoms with Crippen molar-refractivity contribution in [1.29, 1.82) is 0 Å². The molecular formula is C22H26O4. The van der Waals surface area contributed by atoms with Crippen molar-refractivity contribution in [2.45, 2.75) is 39.7 Å². The predicted octanol–water partition coefficient (Wildman–Crippen LogP) is 4.90. The van der Waals surface area contributed by atoms with Crippen molar-refractivity contribution in [2.75, 3.05) is 6.61 Å². The summed E-state index contributed by atoms with van der Waals surface area (Å²) in [5.74, 6) is -0.760. The molecular weight excluding hydrogens is 328 g/mol. The van der Waals surface area contributed by atoms with Crippen LogP contribution in [-0.4, -0.2) is 24.1 Å². The van der Waals surface area contributed by atoms with Crippen molar-refractivity contribution >= 4 is 11.9 Å². The van der Waals surface area contributed by atoms with E-state index in [0.29, 0.717) is 17.5 Å². The predicted molar refractivity (Wildman–Crippen MR) is 101 cm³/mol. The van der Waals surface area contributed by atoms with Crippen molar-refractivity contribution in [2.24, 2.45) is 5.41 Å². The number of esters is 2. The first kappa shape index (κ1) is 19.7. The van der Waals surface area contributed by atoms with Crippen LogP contribution in [0.15, 0.2) is 60.7 Å². The van der Waals surface area contributed by atoms with Crippen LogP contribution >= 0.6 is 0 Å². The van der Waals surface area contributed by atoms with Gasteiger partial charge in [-0.25, -0.2) is 9.59 Å². The van der Waals surface area contributed by atoms with Gasteiger partial charge in [-0.2, -0.15) is 0 Å². The van der Waals surface area contributed by atoms with Gasteiger partial charge >= 0.3 is 11.9 Å². The number of carbonyl (C=O) groups excluding carboxylic acids is 2. The summed E-state index contributed by atoms with van der Waals surface area (Å²) < 4.78 is 11.3. The van der Waals surface area contributed by atoms with E-state index in [-0.39, 0.29) is 18.5 Å². The molecule has 1 atom stereocenters. The first-order valence-electron chi connectivity index (χ1n) is 8.79. The van der Waals surface area contributed by atoms with Gasteiger partial charge < -0.3 is 9.47 Å². The molecule has 0 aliphatic carbocycles. The largest absolute Gasteiger partial charge is 0.461 e. The average molecular weight is 354 g/mol. The van der Waals surface area contributed by atoms with Gasteiger partial charge in [0.1, 0.15) is 12.2 Å². The van der Waals surface area contributed by atoms with Gasteiger partial charge in [-0.3, -0.25) is 0 Å². The summed E-state index contributed by atoms with van der Waals surface area (Å²) >= 11 is 0. The molecule has 0 saturated heterocycles. The zero-order valence-electron chi connectivity index (χ0n) is 15.8. The number of hydrogen-bond acceptors (Lipinski definition) is 4. The van der Waals surface area contributed by atoms with Crippen LogP contribution in [0.5, 0.6) is 0 Å². The van der Waals surface area contributed by atoms with Gasteiger partial charge in [0.2, 0.25) is 0 Å². The van der Waals surface area contributed by atoms with E-state index in [1.807, 2.05) is 39.8 Å². The maximum atomic E-state index is 12.5. The Hall–Kier alpha value is -2.62. The fourth-order valence-electron chi connectivity index (χ4n) is 2.58. The minimum absolute atomic E-state index is 0.146. The Morgan fingerprint density at radius 1 is 0.808 bits per heavy atom. The summed E-state index contributed by atoms with van der Waals surface area (Å²) in [6, 6.07) is 17.7. The summed E-state index contributed by atoms with van der Waals surface area (Å²) in [4.78, 5) is 24.7. The molecule has 0 aliphatic heterocycles. The Balaban J connectivity index is 2.08. The maximum Gasteiger partial charge on any atom is 0.338 e. The highest BCUT2D eigenvalue weighted by atomic mass is 16.6. The Kier molecular flexibility index (Phi) is 6.19. The van der Waals surface area contributed by atoms with Gasteiger partial charge in [-0.15, -0.1) is 0 Å². The van der Waals surface area contributed by atoms with E-state index in [0.717, 1.165) is 0 Å². The van der Waals surface area contributed by atoms with Crippen LogP contribution in [0, 0.1) is 5.41 Å². The number of ether oxygens (including phenoxy) is 2. The molecule has 1 unspecified atom stereocenters. The highest BCUT2D eigenvalue weighted by Gasteiger charge is 2.44. The number of rotatable bonds is 7. The van der Waals surface area contributed by atoms with Crippen molar-refractivity contribution < 1.29 is 19.1 Å². The zero-order chi connectivity index (χ0) is 19.2. The third kappa shape index (κ3) is 4.51. The van der Waals surface area contributed by atoms with E-state index >= 15 is 0 Å². The van der Waals surface area contributed by atoms with Crippen LogP contribution in [0.3, 0.4) is 0 Å². The number of benzene rings is 2. The quantitative estimate of drug-likeness (QED) is 0.664. The Labute approximate surface area is 155 Å². The third-order valence-electron chi connectivity index (χ3n) is 5.01. The summed E-state index contributed by atoms with van der Waals surface area (Å²) in [6.07, 6.45) is 0.599. The second kappa shape index (κ2) is 8.17. The van der Waals surface area contributed by atoms with Crippen molar-refractivity contribution in [1.82, 2.24) is 0 Å². The molecule has 0 aliphatic rings. The van der Waals surface area contributed by atoms with Crippen LogP contribution in [0.2, 0.25) is 0 Å². The van der Waals surface area contributed by atoms with Gasteiger partial charge in [-0.1, -0.05) is 57.2 Å². The molecule has 0 fully saturated rings. The molecule has 0 radical (unpaired) electrons. The van der Waals surface area contributed by atoms with Crippen molar-refractivity contribution in [3.05, 3.63) is 71.8 Å². The van der Waals surface area contributed by atoms with Crippen LogP contribution < -0.4 is 0 Å². The second-order valence-electron chi connectivity index (χ2n) is 7.17. The molecule has 138 valence electrons. The molecule has 0 amide bonds. The molecule has 0 N–H and O–H groups in total. The number of carbonyl (C=O) groups is 2. The summed E-state index contributed by atoms with van der Waals surface area (Å²) in [5.41, 5.74) is -0.333. The molecule has 0 bridgehead atoms. The molecule has 0 spiro atoms. The van der Waals surface area contributed by atoms with Gasteiger partial charge in [0.15, 0.2) is 0 Å². The van der Waals surface area contributed by atoms with Gasteiger partial charge in [-0.05, 0) is 37.6 Å². The Morgan fingerprint density at radius 3 is 1.73 bits per heavy atom. The average Bonchev–Trinajstić information content (AvgIpc) is 2.67. The first-order valence-corrected chi connectivity index (χ1v) is 8.79. The van der Waals surface area contributed by atoms with E-state index in [1.165, 1.54) is 0 Å². The normalized spacial score (nSPS) is 13.5. The molecule has 26 heavy (non-hydrogen) atoms.